The van der Waals surface area contributed by atoms with Gasteiger partial charge in [-0.25, -0.2) is 19.2 Å². The molecule has 3 aromatic rings. The number of hydrogen-bond donors (Lipinski definition) is 3. The minimum Gasteiger partial charge on any atom is -0.386 e. The van der Waals surface area contributed by atoms with Gasteiger partial charge in [-0.1, -0.05) is 12.1 Å². The van der Waals surface area contributed by atoms with Crippen LogP contribution in [0.5, 0.6) is 0 Å². The molecule has 4 rings (SSSR count). The number of carbonyl (C=O) groups excluding carboxylic acids is 1. The second-order valence-corrected chi connectivity index (χ2v) is 8.66. The zero-order valence-electron chi connectivity index (χ0n) is 19.4. The van der Waals surface area contributed by atoms with E-state index in [0.29, 0.717) is 49.1 Å². The quantitative estimate of drug-likeness (QED) is 0.520. The van der Waals surface area contributed by atoms with Crippen molar-refractivity contribution >= 4 is 23.2 Å². The summed E-state index contributed by atoms with van der Waals surface area (Å²) >= 11 is 0. The molecule has 0 aliphatic carbocycles. The molecule has 1 fully saturated rings. The van der Waals surface area contributed by atoms with Crippen LogP contribution in [0.4, 0.5) is 26.4 Å². The molecule has 34 heavy (non-hydrogen) atoms. The number of nitrogens with zero attached hydrogens (tertiary/aromatic N) is 3. The third-order valence-electron chi connectivity index (χ3n) is 5.56. The number of aromatic nitrogens is 2. The Morgan fingerprint density at radius 1 is 1.00 bits per heavy atom. The Morgan fingerprint density at radius 2 is 1.56 bits per heavy atom. The number of benzene rings is 2. The molecule has 1 aromatic heterocycles. The second-order valence-electron chi connectivity index (χ2n) is 8.66. The lowest BCUT2D eigenvalue weighted by Gasteiger charge is -2.28. The molecule has 2 heterocycles. The maximum atomic E-state index is 14.7. The average molecular weight is 466 g/mol. The summed E-state index contributed by atoms with van der Waals surface area (Å²) in [6, 6.07) is 13.6. The van der Waals surface area contributed by atoms with E-state index in [0.717, 1.165) is 5.56 Å². The van der Waals surface area contributed by atoms with E-state index in [4.69, 9.17) is 4.74 Å². The lowest BCUT2D eigenvalue weighted by Crippen LogP contribution is -2.37. The highest BCUT2D eigenvalue weighted by molar-refractivity contribution is 5.99. The number of hydrogen-bond acceptors (Lipinski definition) is 6. The lowest BCUT2D eigenvalue weighted by molar-refractivity contribution is 0.0786. The van der Waals surface area contributed by atoms with Crippen LogP contribution < -0.4 is 15.5 Å². The van der Waals surface area contributed by atoms with Gasteiger partial charge in [-0.3, -0.25) is 0 Å². The minimum absolute atomic E-state index is 0.281. The molecule has 3 N–H and O–H groups in total. The molecule has 1 saturated heterocycles. The maximum Gasteiger partial charge on any atom is 0.323 e. The van der Waals surface area contributed by atoms with Crippen molar-refractivity contribution in [2.24, 2.45) is 0 Å². The molecule has 0 radical (unpaired) electrons. The van der Waals surface area contributed by atoms with Gasteiger partial charge >= 0.3 is 6.03 Å². The van der Waals surface area contributed by atoms with Gasteiger partial charge in [0.15, 0.2) is 17.5 Å². The number of carbonyl (C=O) groups is 1. The second kappa shape index (κ2) is 9.74. The van der Waals surface area contributed by atoms with Crippen LogP contribution in [-0.4, -0.2) is 47.4 Å². The Kier molecular flexibility index (Phi) is 6.76. The predicted molar refractivity (Wildman–Crippen MR) is 130 cm³/mol. The van der Waals surface area contributed by atoms with Gasteiger partial charge in [0.05, 0.1) is 24.5 Å². The minimum atomic E-state index is -0.946. The van der Waals surface area contributed by atoms with Crippen molar-refractivity contribution in [3.05, 3.63) is 65.6 Å². The number of morpholine rings is 1. The molecule has 8 nitrogen and oxygen atoms in total. The van der Waals surface area contributed by atoms with Crippen molar-refractivity contribution < 1.29 is 19.0 Å². The first-order valence-corrected chi connectivity index (χ1v) is 11.1. The van der Waals surface area contributed by atoms with Crippen molar-refractivity contribution in [2.75, 3.05) is 41.8 Å². The van der Waals surface area contributed by atoms with Crippen LogP contribution in [0.1, 0.15) is 25.1 Å². The fourth-order valence-corrected chi connectivity index (χ4v) is 3.62. The first-order chi connectivity index (χ1) is 16.2. The van der Waals surface area contributed by atoms with E-state index in [9.17, 15) is 14.3 Å². The largest absolute Gasteiger partial charge is 0.386 e. The van der Waals surface area contributed by atoms with Gasteiger partial charge < -0.3 is 25.4 Å². The topological polar surface area (TPSA) is 99.6 Å². The Bertz CT molecular complexity index is 1150. The molecule has 1 aliphatic rings. The van der Waals surface area contributed by atoms with Crippen molar-refractivity contribution in [3.8, 4) is 11.4 Å². The summed E-state index contributed by atoms with van der Waals surface area (Å²) in [5, 5.41) is 15.6. The number of rotatable bonds is 5. The fourth-order valence-electron chi connectivity index (χ4n) is 3.62. The van der Waals surface area contributed by atoms with Crippen LogP contribution in [0, 0.1) is 12.7 Å². The van der Waals surface area contributed by atoms with Crippen LogP contribution in [-0.2, 0) is 10.3 Å². The van der Waals surface area contributed by atoms with Gasteiger partial charge in [0.1, 0.15) is 0 Å². The zero-order valence-corrected chi connectivity index (χ0v) is 19.4. The summed E-state index contributed by atoms with van der Waals surface area (Å²) in [5.74, 6) is 0.280. The van der Waals surface area contributed by atoms with Crippen LogP contribution in [0.2, 0.25) is 0 Å². The number of nitrogens with one attached hydrogen (secondary N) is 2. The molecular formula is C25H28FN5O3. The van der Waals surface area contributed by atoms with Crippen LogP contribution in [0.3, 0.4) is 0 Å². The SMILES string of the molecule is Cc1nc(-c2ccc(NC(=O)Nc3ccc(C(C)(C)O)cc3)cc2)nc(N2CCOCC2)c1F. The van der Waals surface area contributed by atoms with E-state index >= 15 is 0 Å². The molecule has 0 atom stereocenters. The Labute approximate surface area is 197 Å². The standard InChI is InChI=1S/C25H28FN5O3/c1-16-21(26)23(31-12-14-34-15-13-31)30-22(27-16)17-4-8-19(9-5-17)28-24(32)29-20-10-6-18(7-11-20)25(2,3)33/h4-11,33H,12-15H2,1-3H3,(H2,28,29,32). The van der Waals surface area contributed by atoms with Crippen molar-refractivity contribution in [3.63, 3.8) is 0 Å². The summed E-state index contributed by atoms with van der Waals surface area (Å²) in [6.07, 6.45) is 0. The summed E-state index contributed by atoms with van der Waals surface area (Å²) in [7, 11) is 0. The number of aliphatic hydroxyl groups is 1. The van der Waals surface area contributed by atoms with E-state index in [2.05, 4.69) is 20.6 Å². The molecule has 0 bridgehead atoms. The number of halogens is 1. The summed E-state index contributed by atoms with van der Waals surface area (Å²) < 4.78 is 20.0. The van der Waals surface area contributed by atoms with Crippen molar-refractivity contribution in [1.29, 1.82) is 0 Å². The lowest BCUT2D eigenvalue weighted by atomic mass is 9.98. The molecule has 0 spiro atoms. The monoisotopic (exact) mass is 465 g/mol. The molecule has 1 aliphatic heterocycles. The van der Waals surface area contributed by atoms with Gasteiger partial charge in [0.25, 0.3) is 0 Å². The van der Waals surface area contributed by atoms with Gasteiger partial charge in [0.2, 0.25) is 0 Å². The number of amides is 2. The predicted octanol–water partition coefficient (Wildman–Crippen LogP) is 4.30. The molecule has 9 heteroatoms. The van der Waals surface area contributed by atoms with Crippen molar-refractivity contribution in [1.82, 2.24) is 9.97 Å². The molecule has 0 unspecified atom stereocenters. The highest BCUT2D eigenvalue weighted by atomic mass is 19.1. The Morgan fingerprint density at radius 3 is 2.12 bits per heavy atom. The van der Waals surface area contributed by atoms with Crippen LogP contribution in [0.15, 0.2) is 48.5 Å². The average Bonchev–Trinajstić information content (AvgIpc) is 2.81. The van der Waals surface area contributed by atoms with E-state index in [1.165, 1.54) is 0 Å². The number of urea groups is 1. The van der Waals surface area contributed by atoms with Gasteiger partial charge in [-0.2, -0.15) is 0 Å². The Hall–Kier alpha value is -3.56. The van der Waals surface area contributed by atoms with E-state index in [1.54, 1.807) is 69.3 Å². The van der Waals surface area contributed by atoms with Gasteiger partial charge in [0, 0.05) is 30.0 Å². The molecule has 178 valence electrons. The molecule has 0 saturated carbocycles. The number of ether oxygens (including phenoxy) is 1. The molecular weight excluding hydrogens is 437 g/mol. The first-order valence-electron chi connectivity index (χ1n) is 11.1. The van der Waals surface area contributed by atoms with Gasteiger partial charge in [-0.05, 0) is 62.7 Å². The highest BCUT2D eigenvalue weighted by Crippen LogP contribution is 2.26. The fraction of sp³-hybridized carbons (Fsp3) is 0.320. The third-order valence-corrected chi connectivity index (χ3v) is 5.56. The normalized spacial score (nSPS) is 14.1. The zero-order chi connectivity index (χ0) is 24.3. The van der Waals surface area contributed by atoms with Crippen molar-refractivity contribution in [2.45, 2.75) is 26.4 Å². The summed E-state index contributed by atoms with van der Waals surface area (Å²) in [6.45, 7) is 7.24. The molecule has 2 aromatic carbocycles. The van der Waals surface area contributed by atoms with E-state index in [-0.39, 0.29) is 11.5 Å². The smallest absolute Gasteiger partial charge is 0.323 e. The summed E-state index contributed by atoms with van der Waals surface area (Å²) in [5.41, 5.74) is 1.99. The van der Waals surface area contributed by atoms with Crippen LogP contribution >= 0.6 is 0 Å². The third kappa shape index (κ3) is 5.49. The van der Waals surface area contributed by atoms with E-state index in [1.807, 2.05) is 4.90 Å². The highest BCUT2D eigenvalue weighted by Gasteiger charge is 2.20. The number of anilines is 3. The van der Waals surface area contributed by atoms with E-state index < -0.39 is 17.4 Å². The maximum absolute atomic E-state index is 14.7. The first kappa shape index (κ1) is 23.6. The van der Waals surface area contributed by atoms with Gasteiger partial charge in [-0.15, -0.1) is 0 Å². The summed E-state index contributed by atoms with van der Waals surface area (Å²) in [4.78, 5) is 23.0. The Balaban J connectivity index is 1.44. The molecule has 2 amide bonds. The number of aryl methyl sites for hydroxylation is 1. The van der Waals surface area contributed by atoms with Crippen LogP contribution in [0.25, 0.3) is 11.4 Å².